The number of halogens is 2. The van der Waals surface area contributed by atoms with Crippen molar-refractivity contribution in [2.24, 2.45) is 5.92 Å². The molecule has 1 aromatic rings. The van der Waals surface area contributed by atoms with Crippen LogP contribution in [-0.4, -0.2) is 13.1 Å². The van der Waals surface area contributed by atoms with Crippen LogP contribution in [0, 0.1) is 17.6 Å². The molecule has 0 radical (unpaired) electrons. The van der Waals surface area contributed by atoms with E-state index in [0.717, 1.165) is 38.4 Å². The molecule has 0 amide bonds. The van der Waals surface area contributed by atoms with E-state index < -0.39 is 11.6 Å². The molecule has 0 aliphatic carbocycles. The normalized spacial score (nSPS) is 19.9. The lowest BCUT2D eigenvalue weighted by atomic mass is 10.0. The van der Waals surface area contributed by atoms with E-state index in [1.807, 2.05) is 4.90 Å². The molecule has 0 spiro atoms. The first kappa shape index (κ1) is 12.1. The molecular formula is C13H18F2N2. The average Bonchev–Trinajstić information content (AvgIpc) is 2.72. The second-order valence-electron chi connectivity index (χ2n) is 4.71. The van der Waals surface area contributed by atoms with Crippen molar-refractivity contribution in [3.8, 4) is 0 Å². The fourth-order valence-corrected chi connectivity index (χ4v) is 2.53. The van der Waals surface area contributed by atoms with Crippen LogP contribution in [0.4, 0.5) is 20.2 Å². The van der Waals surface area contributed by atoms with E-state index in [1.165, 1.54) is 6.07 Å². The van der Waals surface area contributed by atoms with Gasteiger partial charge >= 0.3 is 0 Å². The van der Waals surface area contributed by atoms with E-state index in [1.54, 1.807) is 0 Å². The van der Waals surface area contributed by atoms with Crippen molar-refractivity contribution in [1.29, 1.82) is 0 Å². The third-order valence-corrected chi connectivity index (χ3v) is 3.40. The van der Waals surface area contributed by atoms with Gasteiger partial charge in [0.15, 0.2) is 5.82 Å². The first-order valence-corrected chi connectivity index (χ1v) is 6.11. The van der Waals surface area contributed by atoms with Gasteiger partial charge in [-0.3, -0.25) is 0 Å². The van der Waals surface area contributed by atoms with Crippen molar-refractivity contribution in [1.82, 2.24) is 0 Å². The predicted octanol–water partition coefficient (Wildman–Crippen LogP) is 3.17. The molecular weight excluding hydrogens is 222 g/mol. The highest BCUT2D eigenvalue weighted by Crippen LogP contribution is 2.32. The van der Waals surface area contributed by atoms with Crippen LogP contribution >= 0.6 is 0 Å². The van der Waals surface area contributed by atoms with E-state index in [-0.39, 0.29) is 5.69 Å². The highest BCUT2D eigenvalue weighted by atomic mass is 19.1. The van der Waals surface area contributed by atoms with Crippen molar-refractivity contribution in [3.05, 3.63) is 23.8 Å². The molecule has 1 aliphatic rings. The van der Waals surface area contributed by atoms with Gasteiger partial charge in [0.2, 0.25) is 0 Å². The van der Waals surface area contributed by atoms with E-state index in [0.29, 0.717) is 11.6 Å². The van der Waals surface area contributed by atoms with Gasteiger partial charge in [-0.25, -0.2) is 8.78 Å². The number of nitrogen functional groups attached to an aromatic ring is 1. The molecule has 0 saturated carbocycles. The summed E-state index contributed by atoms with van der Waals surface area (Å²) in [6.07, 6.45) is 3.38. The zero-order valence-electron chi connectivity index (χ0n) is 10.0. The molecule has 1 atom stereocenters. The number of benzene rings is 1. The third-order valence-electron chi connectivity index (χ3n) is 3.40. The summed E-state index contributed by atoms with van der Waals surface area (Å²) in [5, 5.41) is 0. The van der Waals surface area contributed by atoms with Crippen molar-refractivity contribution in [3.63, 3.8) is 0 Å². The number of anilines is 2. The third kappa shape index (κ3) is 2.51. The molecule has 1 unspecified atom stereocenters. The molecule has 2 rings (SSSR count). The second-order valence-corrected chi connectivity index (χ2v) is 4.71. The maximum absolute atomic E-state index is 13.3. The molecule has 17 heavy (non-hydrogen) atoms. The minimum absolute atomic E-state index is 0.0588. The molecule has 4 heteroatoms. The molecule has 0 bridgehead atoms. The van der Waals surface area contributed by atoms with E-state index in [4.69, 9.17) is 5.73 Å². The summed E-state index contributed by atoms with van der Waals surface area (Å²) >= 11 is 0. The van der Waals surface area contributed by atoms with Crippen LogP contribution in [0.5, 0.6) is 0 Å². The molecule has 2 N–H and O–H groups in total. The molecule has 0 aromatic heterocycles. The predicted molar refractivity (Wildman–Crippen MR) is 66.0 cm³/mol. The Hall–Kier alpha value is -1.32. The molecule has 1 aliphatic heterocycles. The summed E-state index contributed by atoms with van der Waals surface area (Å²) in [6, 6.07) is 2.16. The van der Waals surface area contributed by atoms with Gasteiger partial charge < -0.3 is 10.6 Å². The number of rotatable bonds is 3. The highest BCUT2D eigenvalue weighted by Gasteiger charge is 2.24. The lowest BCUT2D eigenvalue weighted by molar-refractivity contribution is 0.529. The molecule has 2 nitrogen and oxygen atoms in total. The van der Waals surface area contributed by atoms with E-state index >= 15 is 0 Å². The quantitative estimate of drug-likeness (QED) is 0.822. The SMILES string of the molecule is CCCC1CCN(c2cc(F)cc(F)c2N)C1. The average molecular weight is 240 g/mol. The monoisotopic (exact) mass is 240 g/mol. The van der Waals surface area contributed by atoms with Gasteiger partial charge in [0.25, 0.3) is 0 Å². The van der Waals surface area contributed by atoms with Crippen LogP contribution in [0.25, 0.3) is 0 Å². The number of nitrogens with two attached hydrogens (primary N) is 1. The maximum Gasteiger partial charge on any atom is 0.151 e. The van der Waals surface area contributed by atoms with Gasteiger partial charge in [-0.2, -0.15) is 0 Å². The number of hydrogen-bond acceptors (Lipinski definition) is 2. The summed E-state index contributed by atoms with van der Waals surface area (Å²) in [4.78, 5) is 1.99. The van der Waals surface area contributed by atoms with E-state index in [2.05, 4.69) is 6.92 Å². The van der Waals surface area contributed by atoms with Gasteiger partial charge in [0.05, 0.1) is 11.4 Å². The zero-order chi connectivity index (χ0) is 12.4. The second kappa shape index (κ2) is 4.90. The Morgan fingerprint density at radius 3 is 2.88 bits per heavy atom. The van der Waals surface area contributed by atoms with Crippen molar-refractivity contribution in [2.45, 2.75) is 26.2 Å². The minimum atomic E-state index is -0.668. The van der Waals surface area contributed by atoms with Crippen molar-refractivity contribution in [2.75, 3.05) is 23.7 Å². The number of nitrogens with zero attached hydrogens (tertiary/aromatic N) is 1. The fraction of sp³-hybridized carbons (Fsp3) is 0.538. The van der Waals surface area contributed by atoms with Gasteiger partial charge in [0.1, 0.15) is 5.82 Å². The minimum Gasteiger partial charge on any atom is -0.395 e. The molecule has 1 heterocycles. The Balaban J connectivity index is 2.18. The van der Waals surface area contributed by atoms with Gasteiger partial charge in [0, 0.05) is 19.2 Å². The highest BCUT2D eigenvalue weighted by molar-refractivity contribution is 5.68. The summed E-state index contributed by atoms with van der Waals surface area (Å²) in [7, 11) is 0. The van der Waals surface area contributed by atoms with Crippen molar-refractivity contribution < 1.29 is 8.78 Å². The van der Waals surface area contributed by atoms with Crippen molar-refractivity contribution >= 4 is 11.4 Å². The number of hydrogen-bond donors (Lipinski definition) is 1. The van der Waals surface area contributed by atoms with Crippen LogP contribution in [0.3, 0.4) is 0 Å². The van der Waals surface area contributed by atoms with Gasteiger partial charge in [-0.05, 0) is 24.8 Å². The Labute approximate surface area is 100 Å². The van der Waals surface area contributed by atoms with Gasteiger partial charge in [-0.15, -0.1) is 0 Å². The molecule has 1 aromatic carbocycles. The van der Waals surface area contributed by atoms with Crippen LogP contribution in [-0.2, 0) is 0 Å². The largest absolute Gasteiger partial charge is 0.395 e. The topological polar surface area (TPSA) is 29.3 Å². The van der Waals surface area contributed by atoms with Crippen LogP contribution in [0.15, 0.2) is 12.1 Å². The van der Waals surface area contributed by atoms with Crippen LogP contribution in [0.2, 0.25) is 0 Å². The Morgan fingerprint density at radius 1 is 1.41 bits per heavy atom. The Bertz CT molecular complexity index is 407. The fourth-order valence-electron chi connectivity index (χ4n) is 2.53. The summed E-state index contributed by atoms with van der Waals surface area (Å²) in [5.74, 6) is -0.615. The van der Waals surface area contributed by atoms with E-state index in [9.17, 15) is 8.78 Å². The lowest BCUT2D eigenvalue weighted by Crippen LogP contribution is -2.21. The van der Waals surface area contributed by atoms with Crippen LogP contribution < -0.4 is 10.6 Å². The smallest absolute Gasteiger partial charge is 0.151 e. The molecule has 1 fully saturated rings. The van der Waals surface area contributed by atoms with Crippen LogP contribution in [0.1, 0.15) is 26.2 Å². The maximum atomic E-state index is 13.3. The summed E-state index contributed by atoms with van der Waals surface area (Å²) < 4.78 is 26.5. The first-order chi connectivity index (χ1) is 8.11. The lowest BCUT2D eigenvalue weighted by Gasteiger charge is -2.21. The zero-order valence-corrected chi connectivity index (χ0v) is 10.0. The van der Waals surface area contributed by atoms with Gasteiger partial charge in [-0.1, -0.05) is 13.3 Å². The first-order valence-electron chi connectivity index (χ1n) is 6.11. The summed E-state index contributed by atoms with van der Waals surface area (Å²) in [5.41, 5.74) is 6.23. The summed E-state index contributed by atoms with van der Waals surface area (Å²) in [6.45, 7) is 3.83. The molecule has 94 valence electrons. The Kier molecular flexibility index (Phi) is 3.50. The molecule has 1 saturated heterocycles. The standard InChI is InChI=1S/C13H18F2N2/c1-2-3-9-4-5-17(8-9)12-7-10(14)6-11(15)13(12)16/h6-7,9H,2-5,8,16H2,1H3. The Morgan fingerprint density at radius 2 is 2.18 bits per heavy atom.